The highest BCUT2D eigenvalue weighted by Gasteiger charge is 2.21. The fourth-order valence-corrected chi connectivity index (χ4v) is 2.02. The first-order valence-electron chi connectivity index (χ1n) is 5.59. The van der Waals surface area contributed by atoms with E-state index in [9.17, 15) is 0 Å². The average Bonchev–Trinajstić information content (AvgIpc) is 2.78. The van der Waals surface area contributed by atoms with Gasteiger partial charge in [0.15, 0.2) is 0 Å². The van der Waals surface area contributed by atoms with Crippen LogP contribution < -0.4 is 10.2 Å². The number of nitrogens with one attached hydrogen (secondary N) is 1. The summed E-state index contributed by atoms with van der Waals surface area (Å²) in [6.07, 6.45) is 4.36. The molecule has 15 heavy (non-hydrogen) atoms. The summed E-state index contributed by atoms with van der Waals surface area (Å²) in [4.78, 5) is 10.9. The zero-order valence-electron chi connectivity index (χ0n) is 9.40. The summed E-state index contributed by atoms with van der Waals surface area (Å²) in [6.45, 7) is 4.52. The van der Waals surface area contributed by atoms with Crippen LogP contribution in [0.2, 0.25) is 0 Å². The molecule has 2 heterocycles. The molecule has 0 radical (unpaired) electrons. The van der Waals surface area contributed by atoms with Crippen molar-refractivity contribution >= 4 is 11.8 Å². The van der Waals surface area contributed by atoms with Crippen molar-refractivity contribution in [3.05, 3.63) is 12.3 Å². The lowest BCUT2D eigenvalue weighted by molar-refractivity contribution is 0.568. The minimum Gasteiger partial charge on any atom is -0.357 e. The molecule has 4 nitrogen and oxygen atoms in total. The third-order valence-electron chi connectivity index (χ3n) is 3.05. The highest BCUT2D eigenvalue weighted by atomic mass is 15.2. The van der Waals surface area contributed by atoms with Gasteiger partial charge >= 0.3 is 0 Å². The van der Waals surface area contributed by atoms with Crippen molar-refractivity contribution in [2.45, 2.75) is 19.8 Å². The molecular formula is C11H18N4. The number of nitrogens with zero attached hydrogens (tertiary/aromatic N) is 3. The van der Waals surface area contributed by atoms with Gasteiger partial charge in [-0.15, -0.1) is 0 Å². The van der Waals surface area contributed by atoms with Gasteiger partial charge in [0.05, 0.1) is 0 Å². The minimum absolute atomic E-state index is 0.701. The third kappa shape index (κ3) is 2.19. The Bertz CT molecular complexity index is 326. The number of aromatic nitrogens is 2. The first-order valence-corrected chi connectivity index (χ1v) is 5.59. The smallest absolute Gasteiger partial charge is 0.224 e. The summed E-state index contributed by atoms with van der Waals surface area (Å²) >= 11 is 0. The van der Waals surface area contributed by atoms with E-state index < -0.39 is 0 Å². The molecule has 0 spiro atoms. The monoisotopic (exact) mass is 206 g/mol. The Labute approximate surface area is 90.7 Å². The molecule has 4 heteroatoms. The highest BCUT2D eigenvalue weighted by Crippen LogP contribution is 2.24. The molecule has 1 aliphatic heterocycles. The van der Waals surface area contributed by atoms with Crippen LogP contribution in [0.1, 0.15) is 19.8 Å². The van der Waals surface area contributed by atoms with Gasteiger partial charge in [0, 0.05) is 26.3 Å². The number of hydrogen-bond acceptors (Lipinski definition) is 4. The maximum Gasteiger partial charge on any atom is 0.224 e. The molecule has 2 rings (SSSR count). The Kier molecular flexibility index (Phi) is 3.04. The molecule has 0 aliphatic carbocycles. The van der Waals surface area contributed by atoms with Crippen LogP contribution >= 0.6 is 0 Å². The molecule has 82 valence electrons. The Morgan fingerprint density at radius 2 is 2.47 bits per heavy atom. The van der Waals surface area contributed by atoms with E-state index in [4.69, 9.17) is 0 Å². The Morgan fingerprint density at radius 1 is 1.60 bits per heavy atom. The van der Waals surface area contributed by atoms with E-state index in [1.807, 2.05) is 19.3 Å². The average molecular weight is 206 g/mol. The number of hydrogen-bond donors (Lipinski definition) is 1. The van der Waals surface area contributed by atoms with Crippen molar-refractivity contribution in [3.63, 3.8) is 0 Å². The van der Waals surface area contributed by atoms with Gasteiger partial charge in [-0.2, -0.15) is 4.98 Å². The predicted octanol–water partition coefficient (Wildman–Crippen LogP) is 1.75. The van der Waals surface area contributed by atoms with Crippen LogP contribution in [0.25, 0.3) is 0 Å². The largest absolute Gasteiger partial charge is 0.357 e. The SMILES string of the molecule is CCC1CCN(c2ccnc(NC)n2)C1. The maximum atomic E-state index is 4.45. The van der Waals surface area contributed by atoms with Crippen molar-refractivity contribution in [1.82, 2.24) is 9.97 Å². The summed E-state index contributed by atoms with van der Waals surface area (Å²) < 4.78 is 0. The number of rotatable bonds is 3. The molecule has 1 aromatic heterocycles. The Morgan fingerprint density at radius 3 is 3.13 bits per heavy atom. The van der Waals surface area contributed by atoms with Gasteiger partial charge in [-0.25, -0.2) is 4.98 Å². The summed E-state index contributed by atoms with van der Waals surface area (Å²) in [5.41, 5.74) is 0. The lowest BCUT2D eigenvalue weighted by Gasteiger charge is -2.17. The van der Waals surface area contributed by atoms with Crippen LogP contribution in [-0.4, -0.2) is 30.1 Å². The van der Waals surface area contributed by atoms with E-state index in [-0.39, 0.29) is 0 Å². The van der Waals surface area contributed by atoms with Crippen LogP contribution in [0.5, 0.6) is 0 Å². The van der Waals surface area contributed by atoms with Crippen LogP contribution in [0.15, 0.2) is 12.3 Å². The van der Waals surface area contributed by atoms with Gasteiger partial charge in [0.1, 0.15) is 5.82 Å². The van der Waals surface area contributed by atoms with Gasteiger partial charge < -0.3 is 10.2 Å². The molecule has 1 saturated heterocycles. The summed E-state index contributed by atoms with van der Waals surface area (Å²) in [5.74, 6) is 2.58. The second-order valence-corrected chi connectivity index (χ2v) is 4.00. The normalized spacial score (nSPS) is 20.7. The van der Waals surface area contributed by atoms with Crippen LogP contribution in [0, 0.1) is 5.92 Å². The molecule has 0 amide bonds. The first kappa shape index (κ1) is 10.2. The topological polar surface area (TPSA) is 41.1 Å². The highest BCUT2D eigenvalue weighted by molar-refractivity contribution is 5.43. The molecular weight excluding hydrogens is 188 g/mol. The first-order chi connectivity index (χ1) is 7.33. The number of anilines is 2. The lowest BCUT2D eigenvalue weighted by atomic mass is 10.1. The van der Waals surface area contributed by atoms with E-state index in [0.29, 0.717) is 5.95 Å². The van der Waals surface area contributed by atoms with E-state index in [1.54, 1.807) is 0 Å². The van der Waals surface area contributed by atoms with Gasteiger partial charge in [0.25, 0.3) is 0 Å². The van der Waals surface area contributed by atoms with E-state index >= 15 is 0 Å². The Hall–Kier alpha value is -1.32. The predicted molar refractivity (Wildman–Crippen MR) is 62.2 cm³/mol. The molecule has 1 N–H and O–H groups in total. The lowest BCUT2D eigenvalue weighted by Crippen LogP contribution is -2.21. The van der Waals surface area contributed by atoms with E-state index in [2.05, 4.69) is 27.1 Å². The molecule has 1 atom stereocenters. The quantitative estimate of drug-likeness (QED) is 0.818. The van der Waals surface area contributed by atoms with Crippen LogP contribution in [-0.2, 0) is 0 Å². The zero-order chi connectivity index (χ0) is 10.7. The van der Waals surface area contributed by atoms with Crippen molar-refractivity contribution in [1.29, 1.82) is 0 Å². The standard InChI is InChI=1S/C11H18N4/c1-3-9-5-7-15(8-9)10-4-6-13-11(12-2)14-10/h4,6,9H,3,5,7-8H2,1-2H3,(H,12,13,14). The van der Waals surface area contributed by atoms with Crippen molar-refractivity contribution in [3.8, 4) is 0 Å². The molecule has 1 aromatic rings. The molecule has 0 aromatic carbocycles. The fraction of sp³-hybridized carbons (Fsp3) is 0.636. The second-order valence-electron chi connectivity index (χ2n) is 4.00. The summed E-state index contributed by atoms with van der Waals surface area (Å²) in [7, 11) is 1.85. The molecule has 1 fully saturated rings. The van der Waals surface area contributed by atoms with Crippen LogP contribution in [0.3, 0.4) is 0 Å². The summed E-state index contributed by atoms with van der Waals surface area (Å²) in [5, 5.41) is 2.97. The fourth-order valence-electron chi connectivity index (χ4n) is 2.02. The molecule has 0 bridgehead atoms. The van der Waals surface area contributed by atoms with E-state index in [0.717, 1.165) is 24.8 Å². The van der Waals surface area contributed by atoms with Crippen molar-refractivity contribution < 1.29 is 0 Å². The van der Waals surface area contributed by atoms with Gasteiger partial charge in [0.2, 0.25) is 5.95 Å². The van der Waals surface area contributed by atoms with Gasteiger partial charge in [-0.3, -0.25) is 0 Å². The molecule has 1 unspecified atom stereocenters. The van der Waals surface area contributed by atoms with Gasteiger partial charge in [-0.05, 0) is 18.4 Å². The third-order valence-corrected chi connectivity index (χ3v) is 3.05. The molecule has 1 aliphatic rings. The van der Waals surface area contributed by atoms with Crippen LogP contribution in [0.4, 0.5) is 11.8 Å². The minimum atomic E-state index is 0.701. The molecule has 0 saturated carbocycles. The van der Waals surface area contributed by atoms with Crippen molar-refractivity contribution in [2.75, 3.05) is 30.4 Å². The van der Waals surface area contributed by atoms with Crippen molar-refractivity contribution in [2.24, 2.45) is 5.92 Å². The Balaban J connectivity index is 2.09. The maximum absolute atomic E-state index is 4.45. The van der Waals surface area contributed by atoms with E-state index in [1.165, 1.54) is 12.8 Å². The zero-order valence-corrected chi connectivity index (χ0v) is 9.40. The summed E-state index contributed by atoms with van der Waals surface area (Å²) in [6, 6.07) is 1.98. The second kappa shape index (κ2) is 4.47. The van der Waals surface area contributed by atoms with Gasteiger partial charge in [-0.1, -0.05) is 13.3 Å².